The highest BCUT2D eigenvalue weighted by Gasteiger charge is 2.15. The van der Waals surface area contributed by atoms with Crippen LogP contribution in [0.2, 0.25) is 0 Å². The number of rotatable bonds is 9. The highest BCUT2D eigenvalue weighted by Crippen LogP contribution is 2.32. The number of nitrogens with one attached hydrogen (secondary N) is 1. The van der Waals surface area contributed by atoms with E-state index in [4.69, 9.17) is 9.47 Å². The Hall–Kier alpha value is -1.40. The Morgan fingerprint density at radius 3 is 2.60 bits per heavy atom. The second kappa shape index (κ2) is 8.71. The van der Waals surface area contributed by atoms with E-state index in [-0.39, 0.29) is 5.75 Å². The van der Waals surface area contributed by atoms with Gasteiger partial charge in [-0.1, -0.05) is 19.1 Å². The average molecular weight is 289 g/mol. The quantitative estimate of drug-likeness (QED) is 0.758. The number of halogens is 2. The molecule has 1 atom stereocenters. The van der Waals surface area contributed by atoms with E-state index in [0.29, 0.717) is 30.4 Å². The number of para-hydroxylation sites is 1. The van der Waals surface area contributed by atoms with Crippen molar-refractivity contribution in [1.29, 1.82) is 0 Å². The molecule has 0 heterocycles. The molecule has 1 aromatic rings. The molecule has 20 heavy (non-hydrogen) atoms. The minimum absolute atomic E-state index is 0.0805. The molecule has 0 aliphatic carbocycles. The Morgan fingerprint density at radius 1 is 1.25 bits per heavy atom. The molecule has 0 fully saturated rings. The normalized spacial score (nSPS) is 12.5. The van der Waals surface area contributed by atoms with Crippen LogP contribution in [0.4, 0.5) is 8.78 Å². The topological polar surface area (TPSA) is 39.7 Å². The fourth-order valence-corrected chi connectivity index (χ4v) is 1.88. The van der Waals surface area contributed by atoms with Gasteiger partial charge in [-0.15, -0.1) is 0 Å². The second-order valence-electron chi connectivity index (χ2n) is 4.52. The van der Waals surface area contributed by atoms with E-state index in [9.17, 15) is 8.78 Å². The van der Waals surface area contributed by atoms with Gasteiger partial charge < -0.3 is 19.5 Å². The van der Waals surface area contributed by atoms with Gasteiger partial charge in [-0.25, -0.2) is 0 Å². The fraction of sp³-hybridized carbons (Fsp3) is 0.571. The maximum absolute atomic E-state index is 12.5. The van der Waals surface area contributed by atoms with Gasteiger partial charge in [-0.05, 0) is 12.0 Å². The van der Waals surface area contributed by atoms with Crippen molar-refractivity contribution >= 4 is 0 Å². The maximum Gasteiger partial charge on any atom is 0.387 e. The number of hydrogen-bond donors (Lipinski definition) is 1. The number of methoxy groups -OCH3 is 2. The maximum atomic E-state index is 12.5. The number of alkyl halides is 2. The highest BCUT2D eigenvalue weighted by atomic mass is 19.3. The van der Waals surface area contributed by atoms with Gasteiger partial charge in [-0.3, -0.25) is 0 Å². The summed E-state index contributed by atoms with van der Waals surface area (Å²) in [5.74, 6) is 0.719. The lowest BCUT2D eigenvalue weighted by Crippen LogP contribution is -2.23. The van der Waals surface area contributed by atoms with Crippen LogP contribution in [0.1, 0.15) is 12.5 Å². The zero-order valence-corrected chi connectivity index (χ0v) is 12.0. The molecule has 1 N–H and O–H groups in total. The van der Waals surface area contributed by atoms with Crippen molar-refractivity contribution in [3.8, 4) is 11.5 Å². The molecular formula is C14H21F2NO3. The average Bonchev–Trinajstić information content (AvgIpc) is 2.40. The first-order valence-corrected chi connectivity index (χ1v) is 6.38. The monoisotopic (exact) mass is 289 g/mol. The predicted octanol–water partition coefficient (Wildman–Crippen LogP) is 2.67. The van der Waals surface area contributed by atoms with Crippen LogP contribution in [0.25, 0.3) is 0 Å². The number of ether oxygens (including phenoxy) is 3. The lowest BCUT2D eigenvalue weighted by molar-refractivity contribution is -0.0518. The smallest absolute Gasteiger partial charge is 0.387 e. The Kier molecular flexibility index (Phi) is 7.25. The molecule has 0 spiro atoms. The van der Waals surface area contributed by atoms with Gasteiger partial charge in [0.25, 0.3) is 0 Å². The minimum atomic E-state index is -2.88. The summed E-state index contributed by atoms with van der Waals surface area (Å²) in [4.78, 5) is 0. The van der Waals surface area contributed by atoms with E-state index in [1.165, 1.54) is 7.11 Å². The molecule has 6 heteroatoms. The van der Waals surface area contributed by atoms with Gasteiger partial charge in [0.1, 0.15) is 0 Å². The summed E-state index contributed by atoms with van der Waals surface area (Å²) in [5, 5.41) is 3.19. The summed E-state index contributed by atoms with van der Waals surface area (Å²) >= 11 is 0. The van der Waals surface area contributed by atoms with E-state index < -0.39 is 6.61 Å². The largest absolute Gasteiger partial charge is 0.493 e. The summed E-state index contributed by atoms with van der Waals surface area (Å²) in [5.41, 5.74) is 0.634. The molecule has 0 saturated heterocycles. The van der Waals surface area contributed by atoms with Crippen LogP contribution in [-0.4, -0.2) is 34.0 Å². The molecule has 1 aromatic carbocycles. The molecule has 0 radical (unpaired) electrons. The van der Waals surface area contributed by atoms with Gasteiger partial charge in [0.2, 0.25) is 0 Å². The van der Waals surface area contributed by atoms with Gasteiger partial charge >= 0.3 is 6.61 Å². The van der Waals surface area contributed by atoms with Crippen LogP contribution in [0.15, 0.2) is 18.2 Å². The van der Waals surface area contributed by atoms with Gasteiger partial charge in [-0.2, -0.15) is 8.78 Å². The third-order valence-corrected chi connectivity index (χ3v) is 2.75. The SMILES string of the molecule is COCC(C)CNCc1cccc(OC)c1OC(F)F. The van der Waals surface area contributed by atoms with Crippen molar-refractivity contribution < 1.29 is 23.0 Å². The molecule has 1 unspecified atom stereocenters. The van der Waals surface area contributed by atoms with Crippen LogP contribution in [0.3, 0.4) is 0 Å². The van der Waals surface area contributed by atoms with E-state index in [1.54, 1.807) is 25.3 Å². The lowest BCUT2D eigenvalue weighted by atomic mass is 10.1. The van der Waals surface area contributed by atoms with E-state index >= 15 is 0 Å². The molecule has 0 bridgehead atoms. The van der Waals surface area contributed by atoms with Crippen LogP contribution in [0, 0.1) is 5.92 Å². The standard InChI is InChI=1S/C14H21F2NO3/c1-10(9-18-2)7-17-8-11-5-4-6-12(19-3)13(11)20-14(15)16/h4-6,10,14,17H,7-9H2,1-3H3. The zero-order chi connectivity index (χ0) is 15.0. The van der Waals surface area contributed by atoms with Crippen molar-refractivity contribution in [3.63, 3.8) is 0 Å². The first-order valence-electron chi connectivity index (χ1n) is 6.38. The molecule has 114 valence electrons. The van der Waals surface area contributed by atoms with Crippen molar-refractivity contribution in [2.24, 2.45) is 5.92 Å². The first-order chi connectivity index (χ1) is 9.58. The van der Waals surface area contributed by atoms with E-state index in [2.05, 4.69) is 10.1 Å². The third kappa shape index (κ3) is 5.30. The Labute approximate surface area is 118 Å². The van der Waals surface area contributed by atoms with Crippen LogP contribution >= 0.6 is 0 Å². The van der Waals surface area contributed by atoms with E-state index in [1.807, 2.05) is 6.92 Å². The van der Waals surface area contributed by atoms with Crippen molar-refractivity contribution in [2.75, 3.05) is 27.4 Å². The Bertz CT molecular complexity index is 402. The number of benzene rings is 1. The number of hydrogen-bond acceptors (Lipinski definition) is 4. The molecule has 1 rings (SSSR count). The highest BCUT2D eigenvalue weighted by molar-refractivity contribution is 5.46. The predicted molar refractivity (Wildman–Crippen MR) is 72.4 cm³/mol. The molecule has 4 nitrogen and oxygen atoms in total. The van der Waals surface area contributed by atoms with Crippen molar-refractivity contribution in [3.05, 3.63) is 23.8 Å². The minimum Gasteiger partial charge on any atom is -0.493 e. The van der Waals surface area contributed by atoms with E-state index in [0.717, 1.165) is 6.54 Å². The van der Waals surface area contributed by atoms with Gasteiger partial charge in [0.15, 0.2) is 11.5 Å². The van der Waals surface area contributed by atoms with Crippen molar-refractivity contribution in [1.82, 2.24) is 5.32 Å². The molecular weight excluding hydrogens is 268 g/mol. The lowest BCUT2D eigenvalue weighted by Gasteiger charge is -2.16. The fourth-order valence-electron chi connectivity index (χ4n) is 1.88. The van der Waals surface area contributed by atoms with Crippen LogP contribution < -0.4 is 14.8 Å². The first kappa shape index (κ1) is 16.7. The Morgan fingerprint density at radius 2 is 2.00 bits per heavy atom. The summed E-state index contributed by atoms with van der Waals surface area (Å²) in [7, 11) is 3.07. The molecule has 0 saturated carbocycles. The second-order valence-corrected chi connectivity index (χ2v) is 4.52. The molecule has 0 aromatic heterocycles. The summed E-state index contributed by atoms with van der Waals surface area (Å²) in [6.07, 6.45) is 0. The summed E-state index contributed by atoms with van der Waals surface area (Å²) < 4.78 is 39.5. The van der Waals surface area contributed by atoms with Gasteiger partial charge in [0, 0.05) is 32.4 Å². The third-order valence-electron chi connectivity index (χ3n) is 2.75. The molecule has 0 aliphatic heterocycles. The van der Waals surface area contributed by atoms with Crippen molar-refractivity contribution in [2.45, 2.75) is 20.1 Å². The molecule has 0 aliphatic rings. The van der Waals surface area contributed by atoms with Crippen LogP contribution in [0.5, 0.6) is 11.5 Å². The van der Waals surface area contributed by atoms with Gasteiger partial charge in [0.05, 0.1) is 7.11 Å². The zero-order valence-electron chi connectivity index (χ0n) is 12.0. The van der Waals surface area contributed by atoms with Crippen LogP contribution in [-0.2, 0) is 11.3 Å². The Balaban J connectivity index is 2.68. The summed E-state index contributed by atoms with van der Waals surface area (Å²) in [6.45, 7) is 0.953. The molecule has 0 amide bonds. The summed E-state index contributed by atoms with van der Waals surface area (Å²) in [6, 6.07) is 5.07.